The molecule has 1 saturated heterocycles. The normalized spacial score (nSPS) is 19.1. The fourth-order valence-corrected chi connectivity index (χ4v) is 4.17. The average molecular weight is 362 g/mol. The van der Waals surface area contributed by atoms with Crippen LogP contribution in [-0.2, 0) is 13.0 Å². The molecule has 0 bridgehead atoms. The molecule has 0 aliphatic carbocycles. The molecule has 2 aliphatic heterocycles. The monoisotopic (exact) mass is 362 g/mol. The Morgan fingerprint density at radius 3 is 2.93 bits per heavy atom. The Balaban J connectivity index is 1.45. The lowest BCUT2D eigenvalue weighted by Crippen LogP contribution is -2.24. The van der Waals surface area contributed by atoms with Crippen molar-refractivity contribution in [2.24, 2.45) is 0 Å². The number of hydrogen-bond donors (Lipinski definition) is 2. The number of rotatable bonds is 3. The Bertz CT molecular complexity index is 1060. The molecule has 1 fully saturated rings. The van der Waals surface area contributed by atoms with Crippen LogP contribution in [0.3, 0.4) is 0 Å². The Labute approximate surface area is 157 Å². The summed E-state index contributed by atoms with van der Waals surface area (Å²) < 4.78 is 0. The summed E-state index contributed by atoms with van der Waals surface area (Å²) in [5.41, 5.74) is 4.14. The van der Waals surface area contributed by atoms with Gasteiger partial charge in [0.2, 0.25) is 0 Å². The molecule has 0 radical (unpaired) electrons. The average Bonchev–Trinajstić information content (AvgIpc) is 3.28. The molecule has 0 unspecified atom stereocenters. The molecular formula is C21H22N4O2. The number of nitrogens with zero attached hydrogens (tertiary/aromatic N) is 3. The number of nitrogens with one attached hydrogen (secondary N) is 1. The second kappa shape index (κ2) is 6.39. The molecular weight excluding hydrogens is 340 g/mol. The van der Waals surface area contributed by atoms with E-state index in [9.17, 15) is 9.90 Å². The van der Waals surface area contributed by atoms with Gasteiger partial charge < -0.3 is 19.9 Å². The molecule has 138 valence electrons. The molecule has 3 aromatic rings. The molecule has 5 rings (SSSR count). The van der Waals surface area contributed by atoms with Gasteiger partial charge in [-0.05, 0) is 42.7 Å². The molecule has 0 saturated carbocycles. The first-order chi connectivity index (χ1) is 13.2. The summed E-state index contributed by atoms with van der Waals surface area (Å²) in [5, 5.41) is 10.3. The van der Waals surface area contributed by atoms with E-state index < -0.39 is 0 Å². The maximum Gasteiger partial charge on any atom is 0.258 e. The predicted octanol–water partition coefficient (Wildman–Crippen LogP) is 2.06. The van der Waals surface area contributed by atoms with Gasteiger partial charge >= 0.3 is 0 Å². The van der Waals surface area contributed by atoms with Gasteiger partial charge in [-0.25, -0.2) is 4.98 Å². The van der Waals surface area contributed by atoms with Crippen LogP contribution in [0.4, 0.5) is 11.4 Å². The van der Waals surface area contributed by atoms with Crippen molar-refractivity contribution in [2.75, 3.05) is 29.4 Å². The number of anilines is 2. The van der Waals surface area contributed by atoms with Gasteiger partial charge in [0.25, 0.3) is 5.56 Å². The minimum Gasteiger partial charge on any atom is -0.391 e. The highest BCUT2D eigenvalue weighted by Crippen LogP contribution is 2.28. The topological polar surface area (TPSA) is 72.5 Å². The first-order valence-corrected chi connectivity index (χ1v) is 9.46. The summed E-state index contributed by atoms with van der Waals surface area (Å²) in [4.78, 5) is 24.7. The lowest BCUT2D eigenvalue weighted by molar-refractivity contribution is 0.198. The molecule has 6 heteroatoms. The van der Waals surface area contributed by atoms with E-state index in [1.807, 2.05) is 24.3 Å². The van der Waals surface area contributed by atoms with E-state index in [1.165, 1.54) is 11.3 Å². The number of fused-ring (bicyclic) bond motifs is 2. The number of aliphatic hydroxyl groups excluding tert-OH is 1. The summed E-state index contributed by atoms with van der Waals surface area (Å²) in [6.07, 6.45) is 1.50. The Kier molecular flexibility index (Phi) is 3.86. The summed E-state index contributed by atoms with van der Waals surface area (Å²) >= 11 is 0. The zero-order valence-electron chi connectivity index (χ0n) is 15.1. The number of aromatic amines is 1. The fourth-order valence-electron chi connectivity index (χ4n) is 4.17. The van der Waals surface area contributed by atoms with Crippen molar-refractivity contribution in [3.05, 3.63) is 64.2 Å². The molecule has 0 amide bonds. The van der Waals surface area contributed by atoms with Crippen molar-refractivity contribution in [2.45, 2.75) is 25.5 Å². The van der Waals surface area contributed by atoms with Crippen LogP contribution >= 0.6 is 0 Å². The first kappa shape index (κ1) is 16.3. The lowest BCUT2D eigenvalue weighted by Gasteiger charge is -2.19. The number of hydrogen-bond acceptors (Lipinski definition) is 5. The molecule has 2 aliphatic rings. The standard InChI is InChI=1S/C21H22N4O2/c26-16-8-10-24(12-16)15-5-6-18-17(11-15)21(27)23-20(22-18)13-25-9-7-14-3-1-2-4-19(14)25/h1-6,11,16,26H,7-10,12-13H2,(H,22,23,27)/t16-/m0/s1. The van der Waals surface area contributed by atoms with Crippen LogP contribution in [0.15, 0.2) is 47.3 Å². The number of H-pyrrole nitrogens is 1. The van der Waals surface area contributed by atoms with Gasteiger partial charge in [-0.15, -0.1) is 0 Å². The van der Waals surface area contributed by atoms with Crippen LogP contribution < -0.4 is 15.4 Å². The van der Waals surface area contributed by atoms with Crippen molar-refractivity contribution in [1.29, 1.82) is 0 Å². The third-order valence-electron chi connectivity index (χ3n) is 5.59. The van der Waals surface area contributed by atoms with Gasteiger partial charge in [0.15, 0.2) is 0 Å². The minimum atomic E-state index is -0.289. The maximum absolute atomic E-state index is 12.7. The van der Waals surface area contributed by atoms with Crippen molar-refractivity contribution < 1.29 is 5.11 Å². The highest BCUT2D eigenvalue weighted by Gasteiger charge is 2.22. The van der Waals surface area contributed by atoms with E-state index in [-0.39, 0.29) is 11.7 Å². The molecule has 27 heavy (non-hydrogen) atoms. The molecule has 1 aromatic heterocycles. The quantitative estimate of drug-likeness (QED) is 0.746. The molecule has 1 atom stereocenters. The summed E-state index contributed by atoms with van der Waals surface area (Å²) in [5.74, 6) is 0.688. The van der Waals surface area contributed by atoms with Crippen molar-refractivity contribution in [1.82, 2.24) is 9.97 Å². The van der Waals surface area contributed by atoms with Gasteiger partial charge in [0.05, 0.1) is 23.6 Å². The van der Waals surface area contributed by atoms with Crippen molar-refractivity contribution in [3.8, 4) is 0 Å². The SMILES string of the molecule is O=c1[nH]c(CN2CCc3ccccc32)nc2ccc(N3CC[C@H](O)C3)cc12. The van der Waals surface area contributed by atoms with E-state index in [1.54, 1.807) is 0 Å². The van der Waals surface area contributed by atoms with E-state index in [0.717, 1.165) is 31.6 Å². The molecule has 6 nitrogen and oxygen atoms in total. The van der Waals surface area contributed by atoms with Crippen molar-refractivity contribution in [3.63, 3.8) is 0 Å². The number of benzene rings is 2. The zero-order chi connectivity index (χ0) is 18.4. The van der Waals surface area contributed by atoms with E-state index in [2.05, 4.69) is 33.0 Å². The highest BCUT2D eigenvalue weighted by atomic mass is 16.3. The Morgan fingerprint density at radius 2 is 2.07 bits per heavy atom. The largest absolute Gasteiger partial charge is 0.391 e. The van der Waals surface area contributed by atoms with Crippen LogP contribution in [0.25, 0.3) is 10.9 Å². The highest BCUT2D eigenvalue weighted by molar-refractivity contribution is 5.82. The van der Waals surface area contributed by atoms with E-state index >= 15 is 0 Å². The zero-order valence-corrected chi connectivity index (χ0v) is 15.1. The van der Waals surface area contributed by atoms with Gasteiger partial charge in [-0.3, -0.25) is 4.79 Å². The Hall–Kier alpha value is -2.86. The smallest absolute Gasteiger partial charge is 0.258 e. The summed E-state index contributed by atoms with van der Waals surface area (Å²) in [7, 11) is 0. The molecule has 3 heterocycles. The van der Waals surface area contributed by atoms with E-state index in [4.69, 9.17) is 4.98 Å². The fraction of sp³-hybridized carbons (Fsp3) is 0.333. The Morgan fingerprint density at radius 1 is 1.19 bits per heavy atom. The second-order valence-electron chi connectivity index (χ2n) is 7.40. The van der Waals surface area contributed by atoms with E-state index in [0.29, 0.717) is 29.8 Å². The number of aromatic nitrogens is 2. The molecule has 2 aromatic carbocycles. The lowest BCUT2D eigenvalue weighted by atomic mass is 10.2. The van der Waals surface area contributed by atoms with Crippen LogP contribution in [0, 0.1) is 0 Å². The van der Waals surface area contributed by atoms with Gasteiger partial charge in [-0.2, -0.15) is 0 Å². The second-order valence-corrected chi connectivity index (χ2v) is 7.40. The summed E-state index contributed by atoms with van der Waals surface area (Å²) in [6, 6.07) is 14.2. The molecule has 0 spiro atoms. The number of para-hydroxylation sites is 1. The third-order valence-corrected chi connectivity index (χ3v) is 5.59. The van der Waals surface area contributed by atoms with Crippen LogP contribution in [0.1, 0.15) is 17.8 Å². The van der Waals surface area contributed by atoms with Gasteiger partial charge in [0.1, 0.15) is 5.82 Å². The third kappa shape index (κ3) is 2.96. The van der Waals surface area contributed by atoms with Gasteiger partial charge in [-0.1, -0.05) is 18.2 Å². The van der Waals surface area contributed by atoms with Crippen LogP contribution in [0.5, 0.6) is 0 Å². The first-order valence-electron chi connectivity index (χ1n) is 9.46. The molecule has 2 N–H and O–H groups in total. The number of β-amino-alcohol motifs (C(OH)–C–C–N with tert-alkyl or cyclic N) is 1. The minimum absolute atomic E-state index is 0.107. The van der Waals surface area contributed by atoms with Crippen molar-refractivity contribution >= 4 is 22.3 Å². The number of aliphatic hydroxyl groups is 1. The summed E-state index contributed by atoms with van der Waals surface area (Å²) in [6.45, 7) is 2.97. The maximum atomic E-state index is 12.7. The van der Waals surface area contributed by atoms with Crippen LogP contribution in [0.2, 0.25) is 0 Å². The van der Waals surface area contributed by atoms with Crippen LogP contribution in [-0.4, -0.2) is 40.8 Å². The predicted molar refractivity (Wildman–Crippen MR) is 106 cm³/mol. The van der Waals surface area contributed by atoms with Gasteiger partial charge in [0, 0.05) is 31.0 Å².